The van der Waals surface area contributed by atoms with Crippen molar-refractivity contribution in [2.24, 2.45) is 0 Å². The Morgan fingerprint density at radius 3 is 2.43 bits per heavy atom. The van der Waals surface area contributed by atoms with Crippen molar-refractivity contribution < 1.29 is 27.8 Å². The number of carbonyl (C=O) groups is 1. The maximum atomic E-state index is 11.9. The van der Waals surface area contributed by atoms with Gasteiger partial charge in [-0.1, -0.05) is 19.1 Å². The highest BCUT2D eigenvalue weighted by Crippen LogP contribution is 2.16. The zero-order chi connectivity index (χ0) is 15.9. The molecule has 0 spiro atoms. The monoisotopic (exact) mass is 305 g/mol. The Labute approximate surface area is 120 Å². The summed E-state index contributed by atoms with van der Waals surface area (Å²) in [6.45, 7) is 0.904. The maximum absolute atomic E-state index is 11.9. The number of nitrogens with one attached hydrogen (secondary N) is 1. The van der Waals surface area contributed by atoms with E-state index in [4.69, 9.17) is 5.11 Å². The highest BCUT2D eigenvalue weighted by molar-refractivity contribution is 5.94. The van der Waals surface area contributed by atoms with E-state index in [0.717, 1.165) is 12.0 Å². The van der Waals surface area contributed by atoms with Gasteiger partial charge in [-0.15, -0.1) is 13.2 Å². The molecule has 1 rings (SSSR count). The Hall–Kier alpha value is -1.60. The van der Waals surface area contributed by atoms with E-state index in [2.05, 4.69) is 10.1 Å². The van der Waals surface area contributed by atoms with E-state index in [1.165, 1.54) is 0 Å². The second-order valence-corrected chi connectivity index (χ2v) is 4.49. The molecule has 1 aromatic rings. The van der Waals surface area contributed by atoms with Crippen LogP contribution in [0.4, 0.5) is 13.2 Å². The van der Waals surface area contributed by atoms with Gasteiger partial charge in [-0.25, -0.2) is 0 Å². The van der Waals surface area contributed by atoms with Gasteiger partial charge in [0, 0.05) is 5.56 Å². The van der Waals surface area contributed by atoms with Crippen molar-refractivity contribution in [3.05, 3.63) is 35.4 Å². The zero-order valence-electron chi connectivity index (χ0n) is 11.6. The number of aliphatic hydroxyl groups is 1. The van der Waals surface area contributed by atoms with Crippen LogP contribution >= 0.6 is 0 Å². The molecular formula is C14H18F3NO3. The van der Waals surface area contributed by atoms with E-state index in [1.807, 2.05) is 6.92 Å². The number of hydrogen-bond acceptors (Lipinski definition) is 3. The molecule has 0 aliphatic heterocycles. The fourth-order valence-electron chi connectivity index (χ4n) is 1.69. The molecule has 0 heterocycles. The summed E-state index contributed by atoms with van der Waals surface area (Å²) in [5.41, 5.74) is 1.46. The van der Waals surface area contributed by atoms with Crippen LogP contribution in [-0.4, -0.2) is 36.6 Å². The van der Waals surface area contributed by atoms with Gasteiger partial charge in [-0.2, -0.15) is 0 Å². The molecule has 118 valence electrons. The van der Waals surface area contributed by atoms with Crippen molar-refractivity contribution in [1.29, 1.82) is 0 Å². The van der Waals surface area contributed by atoms with Crippen LogP contribution in [0, 0.1) is 0 Å². The maximum Gasteiger partial charge on any atom is 0.522 e. The largest absolute Gasteiger partial charge is 0.522 e. The van der Waals surface area contributed by atoms with Crippen LogP contribution in [0.15, 0.2) is 24.3 Å². The molecule has 0 radical (unpaired) electrons. The molecule has 1 atom stereocenters. The van der Waals surface area contributed by atoms with Gasteiger partial charge < -0.3 is 10.4 Å². The molecule has 0 aliphatic rings. The van der Waals surface area contributed by atoms with Crippen molar-refractivity contribution in [3.63, 3.8) is 0 Å². The molecule has 1 aromatic carbocycles. The van der Waals surface area contributed by atoms with Crippen LogP contribution in [0.5, 0.6) is 0 Å². The molecule has 0 aliphatic carbocycles. The summed E-state index contributed by atoms with van der Waals surface area (Å²) >= 11 is 0. The van der Waals surface area contributed by atoms with E-state index in [9.17, 15) is 18.0 Å². The van der Waals surface area contributed by atoms with Crippen LogP contribution in [0.25, 0.3) is 0 Å². The second-order valence-electron chi connectivity index (χ2n) is 4.49. The molecular weight excluding hydrogens is 287 g/mol. The first-order chi connectivity index (χ1) is 9.85. The molecule has 2 N–H and O–H groups in total. The minimum absolute atomic E-state index is 0.130. The third-order valence-electron chi connectivity index (χ3n) is 2.91. The van der Waals surface area contributed by atoms with E-state index < -0.39 is 31.5 Å². The lowest BCUT2D eigenvalue weighted by Gasteiger charge is -2.17. The highest BCUT2D eigenvalue weighted by Gasteiger charge is 2.29. The molecule has 0 fully saturated rings. The average Bonchev–Trinajstić information content (AvgIpc) is 2.44. The Bertz CT molecular complexity index is 446. The predicted molar refractivity (Wildman–Crippen MR) is 70.8 cm³/mol. The first-order valence-corrected chi connectivity index (χ1v) is 6.57. The average molecular weight is 305 g/mol. The number of ether oxygens (including phenoxy) is 1. The van der Waals surface area contributed by atoms with Gasteiger partial charge in [0.25, 0.3) is 5.91 Å². The Morgan fingerprint density at radius 2 is 1.95 bits per heavy atom. The highest BCUT2D eigenvalue weighted by atomic mass is 19.4. The number of hydrogen-bond donors (Lipinski definition) is 2. The van der Waals surface area contributed by atoms with E-state index in [1.54, 1.807) is 24.3 Å². The lowest BCUT2D eigenvalue weighted by Crippen LogP contribution is -2.38. The fourth-order valence-corrected chi connectivity index (χ4v) is 1.69. The molecule has 0 saturated heterocycles. The fraction of sp³-hybridized carbons (Fsp3) is 0.500. The summed E-state index contributed by atoms with van der Waals surface area (Å²) in [5.74, 6) is -0.441. The number of halogens is 3. The van der Waals surface area contributed by atoms with E-state index in [-0.39, 0.29) is 6.42 Å². The quantitative estimate of drug-likeness (QED) is 0.812. The number of amides is 1. The first-order valence-electron chi connectivity index (χ1n) is 6.57. The molecule has 0 unspecified atom stereocenters. The van der Waals surface area contributed by atoms with Crippen LogP contribution < -0.4 is 5.32 Å². The summed E-state index contributed by atoms with van der Waals surface area (Å²) in [7, 11) is 0. The Morgan fingerprint density at radius 1 is 1.33 bits per heavy atom. The van der Waals surface area contributed by atoms with Gasteiger partial charge in [0.1, 0.15) is 0 Å². The van der Waals surface area contributed by atoms with Crippen LogP contribution in [0.3, 0.4) is 0 Å². The summed E-state index contributed by atoms with van der Waals surface area (Å²) in [6, 6.07) is 6.08. The predicted octanol–water partition coefficient (Wildman–Crippen LogP) is 2.27. The lowest BCUT2D eigenvalue weighted by atomic mass is 10.1. The van der Waals surface area contributed by atoms with E-state index in [0.29, 0.717) is 5.56 Å². The van der Waals surface area contributed by atoms with Crippen molar-refractivity contribution >= 4 is 5.91 Å². The number of aliphatic hydroxyl groups excluding tert-OH is 1. The zero-order valence-corrected chi connectivity index (χ0v) is 11.6. The molecule has 0 bridgehead atoms. The molecule has 21 heavy (non-hydrogen) atoms. The van der Waals surface area contributed by atoms with Crippen LogP contribution in [0.2, 0.25) is 0 Å². The third-order valence-corrected chi connectivity index (χ3v) is 2.91. The summed E-state index contributed by atoms with van der Waals surface area (Å²) in [6.07, 6.45) is -4.00. The van der Waals surface area contributed by atoms with Crippen LogP contribution in [0.1, 0.15) is 29.3 Å². The molecule has 0 saturated carbocycles. The topological polar surface area (TPSA) is 58.6 Å². The smallest absolute Gasteiger partial charge is 0.394 e. The number of rotatable bonds is 7. The van der Waals surface area contributed by atoms with Crippen molar-refractivity contribution in [3.8, 4) is 0 Å². The van der Waals surface area contributed by atoms with Crippen LogP contribution in [-0.2, 0) is 11.2 Å². The summed E-state index contributed by atoms with van der Waals surface area (Å²) in [4.78, 5) is 11.9. The van der Waals surface area contributed by atoms with Gasteiger partial charge in [-0.05, 0) is 30.5 Å². The summed E-state index contributed by atoms with van der Waals surface area (Å²) in [5, 5.41) is 11.6. The second kappa shape index (κ2) is 7.99. The molecule has 4 nitrogen and oxygen atoms in total. The molecule has 7 heteroatoms. The number of benzene rings is 1. The van der Waals surface area contributed by atoms with Crippen molar-refractivity contribution in [2.75, 3.05) is 13.2 Å². The standard InChI is InChI=1S/C14H18F3NO3/c1-2-10-3-5-11(6-4-10)13(20)18-12(9-19)7-8-21-14(15,16)17/h3-6,12,19H,2,7-9H2,1H3,(H,18,20)/t12-/m0/s1. The lowest BCUT2D eigenvalue weighted by molar-refractivity contribution is -0.325. The van der Waals surface area contributed by atoms with Crippen molar-refractivity contribution in [1.82, 2.24) is 5.32 Å². The number of alkyl halides is 3. The molecule has 0 aromatic heterocycles. The first kappa shape index (κ1) is 17.5. The summed E-state index contributed by atoms with van der Waals surface area (Å²) < 4.78 is 39.1. The Kier molecular flexibility index (Phi) is 6.64. The normalized spacial score (nSPS) is 13.0. The third kappa shape index (κ3) is 6.59. The number of aryl methyl sites for hydroxylation is 1. The van der Waals surface area contributed by atoms with E-state index >= 15 is 0 Å². The van der Waals surface area contributed by atoms with Gasteiger partial charge in [0.15, 0.2) is 0 Å². The minimum Gasteiger partial charge on any atom is -0.394 e. The SMILES string of the molecule is CCc1ccc(C(=O)N[C@H](CO)CCOC(F)(F)F)cc1. The van der Waals surface area contributed by atoms with Gasteiger partial charge in [0.2, 0.25) is 0 Å². The number of carbonyl (C=O) groups excluding carboxylic acids is 1. The van der Waals surface area contributed by atoms with Crippen molar-refractivity contribution in [2.45, 2.75) is 32.2 Å². The molecule has 1 amide bonds. The van der Waals surface area contributed by atoms with Gasteiger partial charge in [0.05, 0.1) is 19.3 Å². The Balaban J connectivity index is 2.49. The van der Waals surface area contributed by atoms with Gasteiger partial charge in [-0.3, -0.25) is 9.53 Å². The minimum atomic E-state index is -4.71. The van der Waals surface area contributed by atoms with Gasteiger partial charge >= 0.3 is 6.36 Å².